The average Bonchev–Trinajstić information content (AvgIpc) is 2.97. The highest BCUT2D eigenvalue weighted by Crippen LogP contribution is 2.46. The molecule has 1 aliphatic carbocycles. The molecule has 0 radical (unpaired) electrons. The van der Waals surface area contributed by atoms with Crippen LogP contribution in [0.15, 0.2) is 0 Å². The summed E-state index contributed by atoms with van der Waals surface area (Å²) in [5.41, 5.74) is 0.563. The fourth-order valence-electron chi connectivity index (χ4n) is 2.44. The van der Waals surface area contributed by atoms with E-state index in [4.69, 9.17) is 4.74 Å². The Bertz CT molecular complexity index is 171. The minimum absolute atomic E-state index is 0.563. The van der Waals surface area contributed by atoms with E-state index in [-0.39, 0.29) is 0 Å². The van der Waals surface area contributed by atoms with E-state index in [9.17, 15) is 0 Å². The zero-order chi connectivity index (χ0) is 9.86. The standard InChI is InChI=1S/C12H23NO/c1-2-14-11-12(6-7-12)10-13-8-4-3-5-9-13/h2-11H2,1H3. The lowest BCUT2D eigenvalue weighted by molar-refractivity contribution is 0.0735. The molecule has 1 aliphatic heterocycles. The van der Waals surface area contributed by atoms with Crippen LogP contribution < -0.4 is 0 Å². The van der Waals surface area contributed by atoms with Gasteiger partial charge in [0.1, 0.15) is 0 Å². The van der Waals surface area contributed by atoms with E-state index in [1.54, 1.807) is 0 Å². The first kappa shape index (κ1) is 10.4. The summed E-state index contributed by atoms with van der Waals surface area (Å²) >= 11 is 0. The van der Waals surface area contributed by atoms with E-state index in [0.717, 1.165) is 13.2 Å². The summed E-state index contributed by atoms with van der Waals surface area (Å²) in [5, 5.41) is 0. The van der Waals surface area contributed by atoms with Crippen LogP contribution in [0.1, 0.15) is 39.0 Å². The number of piperidine rings is 1. The molecule has 0 spiro atoms. The van der Waals surface area contributed by atoms with Gasteiger partial charge in [-0.05, 0) is 45.7 Å². The molecule has 2 rings (SSSR count). The summed E-state index contributed by atoms with van der Waals surface area (Å²) in [5.74, 6) is 0. The third kappa shape index (κ3) is 2.71. The van der Waals surface area contributed by atoms with Gasteiger partial charge >= 0.3 is 0 Å². The van der Waals surface area contributed by atoms with Crippen LogP contribution in [0.3, 0.4) is 0 Å². The number of nitrogens with zero attached hydrogens (tertiary/aromatic N) is 1. The van der Waals surface area contributed by atoms with Crippen molar-refractivity contribution in [3.05, 3.63) is 0 Å². The van der Waals surface area contributed by atoms with Crippen molar-refractivity contribution in [1.82, 2.24) is 4.90 Å². The number of hydrogen-bond donors (Lipinski definition) is 0. The molecule has 1 heterocycles. The summed E-state index contributed by atoms with van der Waals surface area (Å²) in [6, 6.07) is 0. The first-order chi connectivity index (χ1) is 6.85. The van der Waals surface area contributed by atoms with Gasteiger partial charge in [-0.2, -0.15) is 0 Å². The van der Waals surface area contributed by atoms with Gasteiger partial charge in [-0.3, -0.25) is 0 Å². The predicted molar refractivity (Wildman–Crippen MR) is 58.5 cm³/mol. The van der Waals surface area contributed by atoms with Gasteiger partial charge in [-0.1, -0.05) is 6.42 Å². The minimum Gasteiger partial charge on any atom is -0.381 e. The fraction of sp³-hybridized carbons (Fsp3) is 1.00. The summed E-state index contributed by atoms with van der Waals surface area (Å²) in [4.78, 5) is 2.65. The maximum atomic E-state index is 5.58. The Balaban J connectivity index is 1.72. The summed E-state index contributed by atoms with van der Waals surface area (Å²) < 4.78 is 5.58. The highest BCUT2D eigenvalue weighted by molar-refractivity contribution is 4.95. The minimum atomic E-state index is 0.563. The van der Waals surface area contributed by atoms with Crippen molar-refractivity contribution >= 4 is 0 Å². The summed E-state index contributed by atoms with van der Waals surface area (Å²) in [7, 11) is 0. The first-order valence-corrected chi connectivity index (χ1v) is 6.15. The molecule has 14 heavy (non-hydrogen) atoms. The van der Waals surface area contributed by atoms with Gasteiger partial charge in [0.05, 0.1) is 6.61 Å². The van der Waals surface area contributed by atoms with E-state index >= 15 is 0 Å². The molecule has 2 heteroatoms. The van der Waals surface area contributed by atoms with Crippen LogP contribution in [0.5, 0.6) is 0 Å². The van der Waals surface area contributed by atoms with Crippen LogP contribution in [-0.2, 0) is 4.74 Å². The summed E-state index contributed by atoms with van der Waals surface area (Å²) in [6.07, 6.45) is 7.04. The second-order valence-corrected chi connectivity index (χ2v) is 4.97. The van der Waals surface area contributed by atoms with Crippen LogP contribution >= 0.6 is 0 Å². The van der Waals surface area contributed by atoms with Gasteiger partial charge in [-0.15, -0.1) is 0 Å². The first-order valence-electron chi connectivity index (χ1n) is 6.15. The Kier molecular flexibility index (Phi) is 3.45. The van der Waals surface area contributed by atoms with E-state index in [2.05, 4.69) is 11.8 Å². The Morgan fingerprint density at radius 1 is 1.14 bits per heavy atom. The predicted octanol–water partition coefficient (Wildman–Crippen LogP) is 2.29. The largest absolute Gasteiger partial charge is 0.381 e. The number of likely N-dealkylation sites (tertiary alicyclic amines) is 1. The van der Waals surface area contributed by atoms with Crippen LogP contribution in [0.4, 0.5) is 0 Å². The van der Waals surface area contributed by atoms with Crippen LogP contribution in [-0.4, -0.2) is 37.7 Å². The molecule has 2 aliphatic rings. The van der Waals surface area contributed by atoms with Gasteiger partial charge in [0.15, 0.2) is 0 Å². The molecule has 0 aromatic heterocycles. The molecule has 1 saturated heterocycles. The maximum Gasteiger partial charge on any atom is 0.0534 e. The third-order valence-electron chi connectivity index (χ3n) is 3.58. The maximum absolute atomic E-state index is 5.58. The zero-order valence-corrected chi connectivity index (χ0v) is 9.43. The molecule has 0 aromatic carbocycles. The summed E-state index contributed by atoms with van der Waals surface area (Å²) in [6.45, 7) is 7.92. The Morgan fingerprint density at radius 3 is 2.43 bits per heavy atom. The molecule has 2 fully saturated rings. The molecule has 0 bridgehead atoms. The molecule has 82 valence electrons. The molecular formula is C12H23NO. The van der Waals surface area contributed by atoms with Crippen LogP contribution in [0.25, 0.3) is 0 Å². The highest BCUT2D eigenvalue weighted by atomic mass is 16.5. The van der Waals surface area contributed by atoms with Crippen molar-refractivity contribution in [2.75, 3.05) is 32.8 Å². The van der Waals surface area contributed by atoms with Crippen LogP contribution in [0.2, 0.25) is 0 Å². The topological polar surface area (TPSA) is 12.5 Å². The lowest BCUT2D eigenvalue weighted by atomic mass is 10.1. The smallest absolute Gasteiger partial charge is 0.0534 e. The van der Waals surface area contributed by atoms with E-state index < -0.39 is 0 Å². The van der Waals surface area contributed by atoms with Crippen molar-refractivity contribution in [1.29, 1.82) is 0 Å². The van der Waals surface area contributed by atoms with E-state index in [0.29, 0.717) is 5.41 Å². The fourth-order valence-corrected chi connectivity index (χ4v) is 2.44. The molecule has 2 nitrogen and oxygen atoms in total. The average molecular weight is 197 g/mol. The molecule has 0 N–H and O–H groups in total. The quantitative estimate of drug-likeness (QED) is 0.670. The lowest BCUT2D eigenvalue weighted by Crippen LogP contribution is -2.36. The monoisotopic (exact) mass is 197 g/mol. The van der Waals surface area contributed by atoms with Crippen molar-refractivity contribution in [2.45, 2.75) is 39.0 Å². The molecule has 0 amide bonds. The van der Waals surface area contributed by atoms with E-state index in [1.807, 2.05) is 0 Å². The zero-order valence-electron chi connectivity index (χ0n) is 9.43. The molecule has 0 atom stereocenters. The Labute approximate surface area is 87.6 Å². The molecular weight excluding hydrogens is 174 g/mol. The highest BCUT2D eigenvalue weighted by Gasteiger charge is 2.43. The number of ether oxygens (including phenoxy) is 1. The SMILES string of the molecule is CCOCC1(CN2CCCCC2)CC1. The van der Waals surface area contributed by atoms with Gasteiger partial charge in [0.25, 0.3) is 0 Å². The van der Waals surface area contributed by atoms with Crippen molar-refractivity contribution in [3.63, 3.8) is 0 Å². The second kappa shape index (κ2) is 4.63. The Morgan fingerprint density at radius 2 is 1.86 bits per heavy atom. The van der Waals surface area contributed by atoms with Crippen LogP contribution in [0, 0.1) is 5.41 Å². The molecule has 0 aromatic rings. The number of hydrogen-bond acceptors (Lipinski definition) is 2. The van der Waals surface area contributed by atoms with Crippen molar-refractivity contribution < 1.29 is 4.74 Å². The lowest BCUT2D eigenvalue weighted by Gasteiger charge is -2.30. The Hall–Kier alpha value is -0.0800. The molecule has 1 saturated carbocycles. The number of rotatable bonds is 5. The van der Waals surface area contributed by atoms with Crippen molar-refractivity contribution in [3.8, 4) is 0 Å². The van der Waals surface area contributed by atoms with Crippen molar-refractivity contribution in [2.24, 2.45) is 5.41 Å². The third-order valence-corrected chi connectivity index (χ3v) is 3.58. The van der Waals surface area contributed by atoms with Gasteiger partial charge in [0, 0.05) is 18.6 Å². The normalized spacial score (nSPS) is 26.4. The second-order valence-electron chi connectivity index (χ2n) is 4.97. The molecule has 0 unspecified atom stereocenters. The van der Waals surface area contributed by atoms with Gasteiger partial charge < -0.3 is 9.64 Å². The van der Waals surface area contributed by atoms with Gasteiger partial charge in [-0.25, -0.2) is 0 Å². The van der Waals surface area contributed by atoms with Gasteiger partial charge in [0.2, 0.25) is 0 Å². The van der Waals surface area contributed by atoms with E-state index in [1.165, 1.54) is 51.7 Å².